The number of nitrogens with zero attached hydrogens (tertiary/aromatic N) is 1. The van der Waals surface area contributed by atoms with Gasteiger partial charge in [-0.3, -0.25) is 0 Å². The molecule has 1 N–H and O–H groups in total. The van der Waals surface area contributed by atoms with Crippen LogP contribution in [-0.4, -0.2) is 24.1 Å². The summed E-state index contributed by atoms with van der Waals surface area (Å²) >= 11 is 0. The minimum Gasteiger partial charge on any atom is -0.396 e. The van der Waals surface area contributed by atoms with Gasteiger partial charge in [-0.1, -0.05) is 6.08 Å². The summed E-state index contributed by atoms with van der Waals surface area (Å²) < 4.78 is 3.95. The number of aliphatic hydroxyl groups excluding tert-OH is 1. The molecule has 0 aromatic heterocycles. The normalized spacial score (nSPS) is 15.9. The van der Waals surface area contributed by atoms with Crippen LogP contribution in [0.2, 0.25) is 0 Å². The second-order valence-corrected chi connectivity index (χ2v) is 1.95. The van der Waals surface area contributed by atoms with Crippen molar-refractivity contribution in [2.24, 2.45) is 0 Å². The highest BCUT2D eigenvalue weighted by Crippen LogP contribution is 1.98. The zero-order valence-electron chi connectivity index (χ0n) is 5.25. The zero-order chi connectivity index (χ0) is 6.53. The van der Waals surface area contributed by atoms with Crippen LogP contribution in [0.15, 0.2) is 11.6 Å². The van der Waals surface area contributed by atoms with Gasteiger partial charge in [0.25, 0.3) is 12.4 Å². The fourth-order valence-corrected chi connectivity index (χ4v) is 0.762. The summed E-state index contributed by atoms with van der Waals surface area (Å²) in [6.45, 7) is 0.220. The predicted octanol–water partition coefficient (Wildman–Crippen LogP) is -0.0923. The van der Waals surface area contributed by atoms with E-state index in [4.69, 9.17) is 5.11 Å². The lowest BCUT2D eigenvalue weighted by Crippen LogP contribution is -1.97. The molecule has 1 heterocycles. The molecule has 9 heavy (non-hydrogen) atoms. The molecule has 0 aliphatic carbocycles. The van der Waals surface area contributed by atoms with Crippen LogP contribution >= 0.6 is 0 Å². The van der Waals surface area contributed by atoms with Gasteiger partial charge >= 0.3 is 0 Å². The summed E-state index contributed by atoms with van der Waals surface area (Å²) in [5.74, 6) is 0. The van der Waals surface area contributed by atoms with E-state index in [1.165, 1.54) is 0 Å². The predicted molar refractivity (Wildman–Crippen MR) is 38.7 cm³/mol. The molecule has 0 spiro atoms. The molecule has 48 valence electrons. The topological polar surface area (TPSA) is 34.3 Å². The van der Waals surface area contributed by atoms with E-state index in [9.17, 15) is 0 Å². The van der Waals surface area contributed by atoms with Gasteiger partial charge in [-0.05, 0) is 0 Å². The molecular formula is C7H10NO+. The molecule has 1 rings (SSSR count). The third-order valence-corrected chi connectivity index (χ3v) is 1.23. The Morgan fingerprint density at radius 3 is 3.11 bits per heavy atom. The van der Waals surface area contributed by atoms with Crippen molar-refractivity contribution in [1.29, 1.82) is 0 Å². The maximum atomic E-state index is 8.51. The summed E-state index contributed by atoms with van der Waals surface area (Å²) in [5, 5.41) is 8.51. The molecular weight excluding hydrogens is 114 g/mol. The number of hydrogen-bond donors (Lipinski definition) is 1. The third-order valence-electron chi connectivity index (χ3n) is 1.23. The Hall–Kier alpha value is -0.850. The lowest BCUT2D eigenvalue weighted by Gasteiger charge is -1.90. The zero-order valence-corrected chi connectivity index (χ0v) is 5.25. The van der Waals surface area contributed by atoms with E-state index in [-0.39, 0.29) is 6.61 Å². The maximum absolute atomic E-state index is 8.51. The second kappa shape index (κ2) is 3.23. The molecule has 1 aliphatic heterocycles. The van der Waals surface area contributed by atoms with Gasteiger partial charge in [0.2, 0.25) is 0 Å². The maximum Gasteiger partial charge on any atom is 0.294 e. The van der Waals surface area contributed by atoms with Crippen LogP contribution in [0.3, 0.4) is 0 Å². The van der Waals surface area contributed by atoms with Gasteiger partial charge in [0, 0.05) is 18.6 Å². The Labute approximate surface area is 54.3 Å². The standard InChI is InChI=1S/C7H10NO/c9-5-3-7-2-1-4-8-6-7/h2,4,6,9H,1,3,5H2/q+1. The van der Waals surface area contributed by atoms with Crippen molar-refractivity contribution < 1.29 is 5.11 Å². The SMILES string of the molecule is OCCC1=CCC=[N+]=C1. The van der Waals surface area contributed by atoms with Gasteiger partial charge in [-0.15, -0.1) is 4.67 Å². The van der Waals surface area contributed by atoms with Gasteiger partial charge in [0.1, 0.15) is 0 Å². The van der Waals surface area contributed by atoms with E-state index < -0.39 is 0 Å². The number of aliphatic hydroxyl groups is 1. The van der Waals surface area contributed by atoms with Crippen molar-refractivity contribution in [1.82, 2.24) is 4.67 Å². The van der Waals surface area contributed by atoms with E-state index in [2.05, 4.69) is 10.7 Å². The average molecular weight is 124 g/mol. The van der Waals surface area contributed by atoms with Crippen LogP contribution in [0, 0.1) is 0 Å². The molecule has 0 aromatic rings. The Kier molecular flexibility index (Phi) is 2.25. The fourth-order valence-electron chi connectivity index (χ4n) is 0.762. The van der Waals surface area contributed by atoms with Crippen molar-refractivity contribution >= 4 is 12.4 Å². The number of hydrogen-bond acceptors (Lipinski definition) is 1. The van der Waals surface area contributed by atoms with Crippen LogP contribution in [0.5, 0.6) is 0 Å². The van der Waals surface area contributed by atoms with Crippen molar-refractivity contribution in [3.05, 3.63) is 11.6 Å². The largest absolute Gasteiger partial charge is 0.396 e. The first-order valence-corrected chi connectivity index (χ1v) is 3.08. The van der Waals surface area contributed by atoms with Crippen LogP contribution in [0.4, 0.5) is 0 Å². The molecule has 0 unspecified atom stereocenters. The minimum atomic E-state index is 0.220. The molecule has 0 saturated heterocycles. The Morgan fingerprint density at radius 1 is 1.67 bits per heavy atom. The summed E-state index contributed by atoms with van der Waals surface area (Å²) in [7, 11) is 0. The Morgan fingerprint density at radius 2 is 2.56 bits per heavy atom. The van der Waals surface area contributed by atoms with E-state index in [1.807, 2.05) is 6.21 Å². The summed E-state index contributed by atoms with van der Waals surface area (Å²) in [6, 6.07) is 0. The molecule has 0 fully saturated rings. The van der Waals surface area contributed by atoms with Gasteiger partial charge in [0.05, 0.1) is 6.42 Å². The Balaban J connectivity index is 2.50. The summed E-state index contributed by atoms with van der Waals surface area (Å²) in [6.07, 6.45) is 7.35. The summed E-state index contributed by atoms with van der Waals surface area (Å²) in [5.41, 5.74) is 1.14. The first kappa shape index (κ1) is 6.27. The smallest absolute Gasteiger partial charge is 0.294 e. The first-order valence-electron chi connectivity index (χ1n) is 3.08. The van der Waals surface area contributed by atoms with Crippen LogP contribution in [0.25, 0.3) is 0 Å². The third kappa shape index (κ3) is 1.84. The monoisotopic (exact) mass is 124 g/mol. The lowest BCUT2D eigenvalue weighted by atomic mass is 10.1. The van der Waals surface area contributed by atoms with Gasteiger partial charge in [-0.25, -0.2) is 0 Å². The molecule has 1 aliphatic rings. The average Bonchev–Trinajstić information content (AvgIpc) is 1.91. The van der Waals surface area contributed by atoms with E-state index in [0.717, 1.165) is 18.4 Å². The molecule has 0 radical (unpaired) electrons. The quantitative estimate of drug-likeness (QED) is 0.513. The van der Waals surface area contributed by atoms with Crippen molar-refractivity contribution in [2.75, 3.05) is 6.61 Å². The van der Waals surface area contributed by atoms with Crippen LogP contribution in [0.1, 0.15) is 12.8 Å². The fraction of sp³-hybridized carbons (Fsp3) is 0.429. The first-order chi connectivity index (χ1) is 4.43. The number of rotatable bonds is 2. The molecule has 0 amide bonds. The van der Waals surface area contributed by atoms with Crippen molar-refractivity contribution in [2.45, 2.75) is 12.8 Å². The van der Waals surface area contributed by atoms with Gasteiger partial charge in [-0.2, -0.15) is 0 Å². The second-order valence-electron chi connectivity index (χ2n) is 1.95. The minimum absolute atomic E-state index is 0.220. The highest BCUT2D eigenvalue weighted by atomic mass is 16.2. The van der Waals surface area contributed by atoms with Crippen LogP contribution < -0.4 is 4.67 Å². The molecule has 2 nitrogen and oxygen atoms in total. The number of allylic oxidation sites excluding steroid dienone is 1. The molecule has 0 bridgehead atoms. The van der Waals surface area contributed by atoms with Gasteiger partial charge < -0.3 is 5.11 Å². The van der Waals surface area contributed by atoms with Gasteiger partial charge in [0.15, 0.2) is 0 Å². The molecule has 0 aromatic carbocycles. The van der Waals surface area contributed by atoms with Crippen molar-refractivity contribution in [3.8, 4) is 0 Å². The Bertz CT molecular complexity index is 175. The van der Waals surface area contributed by atoms with Crippen LogP contribution in [-0.2, 0) is 0 Å². The molecule has 0 atom stereocenters. The summed E-state index contributed by atoms with van der Waals surface area (Å²) in [4.78, 5) is 0. The highest BCUT2D eigenvalue weighted by Gasteiger charge is 2.00. The highest BCUT2D eigenvalue weighted by molar-refractivity contribution is 5.83. The van der Waals surface area contributed by atoms with E-state index in [1.54, 1.807) is 6.21 Å². The van der Waals surface area contributed by atoms with E-state index >= 15 is 0 Å². The molecule has 2 heteroatoms. The molecule has 0 saturated carbocycles. The van der Waals surface area contributed by atoms with E-state index in [0.29, 0.717) is 0 Å². The lowest BCUT2D eigenvalue weighted by molar-refractivity contribution is 0.301. The van der Waals surface area contributed by atoms with Crippen molar-refractivity contribution in [3.63, 3.8) is 0 Å².